The normalized spacial score (nSPS) is 11.6. The number of nitrogens with two attached hydrogens (primary N) is 1. The van der Waals surface area contributed by atoms with Crippen LogP contribution in [0.1, 0.15) is 27.2 Å². The molecule has 3 N–H and O–H groups in total. The number of guanidine groups is 1. The number of rotatable bonds is 5. The zero-order chi connectivity index (χ0) is 11.0. The first kappa shape index (κ1) is 12.7. The zero-order valence-corrected chi connectivity index (χ0v) is 9.04. The average Bonchev–Trinajstić information content (AvgIpc) is 2.02. The van der Waals surface area contributed by atoms with Crippen LogP contribution < -0.4 is 11.1 Å². The van der Waals surface area contributed by atoms with Crippen molar-refractivity contribution in [2.45, 2.75) is 33.2 Å². The van der Waals surface area contributed by atoms with Gasteiger partial charge in [-0.2, -0.15) is 0 Å². The van der Waals surface area contributed by atoms with Gasteiger partial charge in [0.15, 0.2) is 5.96 Å². The maximum absolute atomic E-state index is 10.9. The summed E-state index contributed by atoms with van der Waals surface area (Å²) in [6, 6.07) is 0.251. The minimum atomic E-state index is -0.242. The Morgan fingerprint density at radius 3 is 2.71 bits per heavy atom. The van der Waals surface area contributed by atoms with Crippen LogP contribution in [-0.4, -0.2) is 31.1 Å². The van der Waals surface area contributed by atoms with Crippen LogP contribution in [0, 0.1) is 0 Å². The number of ether oxygens (including phenoxy) is 1. The maximum atomic E-state index is 10.9. The molecule has 0 radical (unpaired) electrons. The van der Waals surface area contributed by atoms with Crippen LogP contribution >= 0.6 is 0 Å². The number of carbonyl (C=O) groups is 1. The van der Waals surface area contributed by atoms with E-state index in [1.54, 1.807) is 6.92 Å². The molecule has 0 aromatic carbocycles. The Morgan fingerprint density at radius 1 is 1.57 bits per heavy atom. The highest BCUT2D eigenvalue weighted by atomic mass is 16.5. The molecule has 0 saturated heterocycles. The van der Waals surface area contributed by atoms with Gasteiger partial charge < -0.3 is 15.8 Å². The van der Waals surface area contributed by atoms with E-state index < -0.39 is 0 Å². The zero-order valence-electron chi connectivity index (χ0n) is 9.04. The predicted molar refractivity (Wildman–Crippen MR) is 56.0 cm³/mol. The van der Waals surface area contributed by atoms with Crippen molar-refractivity contribution in [3.05, 3.63) is 0 Å². The molecule has 14 heavy (non-hydrogen) atoms. The molecule has 0 aromatic rings. The van der Waals surface area contributed by atoms with Crippen molar-refractivity contribution >= 4 is 11.9 Å². The Kier molecular flexibility index (Phi) is 6.53. The van der Waals surface area contributed by atoms with Gasteiger partial charge in [-0.15, -0.1) is 0 Å². The van der Waals surface area contributed by atoms with E-state index >= 15 is 0 Å². The topological polar surface area (TPSA) is 76.7 Å². The van der Waals surface area contributed by atoms with Gasteiger partial charge in [0.1, 0.15) is 0 Å². The van der Waals surface area contributed by atoms with Crippen molar-refractivity contribution in [3.63, 3.8) is 0 Å². The van der Waals surface area contributed by atoms with Gasteiger partial charge in [-0.05, 0) is 20.8 Å². The van der Waals surface area contributed by atoms with Crippen LogP contribution in [0.4, 0.5) is 0 Å². The molecule has 5 heteroatoms. The van der Waals surface area contributed by atoms with Gasteiger partial charge in [-0.3, -0.25) is 9.79 Å². The van der Waals surface area contributed by atoms with E-state index in [0.29, 0.717) is 19.1 Å². The van der Waals surface area contributed by atoms with Crippen LogP contribution in [0.25, 0.3) is 0 Å². The fourth-order valence-electron chi connectivity index (χ4n) is 0.842. The number of carbonyl (C=O) groups excluding carboxylic acids is 1. The lowest BCUT2D eigenvalue weighted by molar-refractivity contribution is -0.142. The summed E-state index contributed by atoms with van der Waals surface area (Å²) in [4.78, 5) is 14.9. The van der Waals surface area contributed by atoms with E-state index in [0.717, 1.165) is 0 Å². The first-order valence-corrected chi connectivity index (χ1v) is 4.78. The smallest absolute Gasteiger partial charge is 0.307 e. The fourth-order valence-corrected chi connectivity index (χ4v) is 0.842. The molecule has 82 valence electrons. The molecule has 0 aromatic heterocycles. The van der Waals surface area contributed by atoms with Crippen LogP contribution in [0.2, 0.25) is 0 Å². The number of hydrogen-bond donors (Lipinski definition) is 2. The molecule has 0 atom stereocenters. The SMILES string of the molecule is CCOC(=O)CCN=C(N)NC(C)C. The molecule has 0 rings (SSSR count). The van der Waals surface area contributed by atoms with Gasteiger partial charge in [0, 0.05) is 6.04 Å². The molecule has 5 nitrogen and oxygen atoms in total. The third-order valence-electron chi connectivity index (χ3n) is 1.34. The van der Waals surface area contributed by atoms with Crippen molar-refractivity contribution in [2.75, 3.05) is 13.2 Å². The summed E-state index contributed by atoms with van der Waals surface area (Å²) in [6.07, 6.45) is 0.272. The average molecular weight is 201 g/mol. The largest absolute Gasteiger partial charge is 0.466 e. The van der Waals surface area contributed by atoms with Gasteiger partial charge in [-0.1, -0.05) is 0 Å². The van der Waals surface area contributed by atoms with Crippen molar-refractivity contribution < 1.29 is 9.53 Å². The molecular formula is C9H19N3O2. The second-order valence-corrected chi connectivity index (χ2v) is 3.12. The number of esters is 1. The highest BCUT2D eigenvalue weighted by Gasteiger charge is 2.00. The molecule has 0 fully saturated rings. The first-order chi connectivity index (χ1) is 6.56. The third-order valence-corrected chi connectivity index (χ3v) is 1.34. The van der Waals surface area contributed by atoms with E-state index in [1.807, 2.05) is 13.8 Å². The van der Waals surface area contributed by atoms with Gasteiger partial charge in [0.05, 0.1) is 19.6 Å². The summed E-state index contributed by atoms with van der Waals surface area (Å²) >= 11 is 0. The number of nitrogens with one attached hydrogen (secondary N) is 1. The van der Waals surface area contributed by atoms with Gasteiger partial charge in [0.2, 0.25) is 0 Å². The summed E-state index contributed by atoms with van der Waals surface area (Å²) in [7, 11) is 0. The first-order valence-electron chi connectivity index (χ1n) is 4.78. The minimum absolute atomic E-state index is 0.242. The molecule has 0 aliphatic carbocycles. The van der Waals surface area contributed by atoms with Gasteiger partial charge in [0.25, 0.3) is 0 Å². The molecule has 0 spiro atoms. The fraction of sp³-hybridized carbons (Fsp3) is 0.778. The van der Waals surface area contributed by atoms with Gasteiger partial charge >= 0.3 is 5.97 Å². The second-order valence-electron chi connectivity index (χ2n) is 3.12. The molecule has 0 bridgehead atoms. The van der Waals surface area contributed by atoms with E-state index in [-0.39, 0.29) is 18.4 Å². The molecule has 0 amide bonds. The van der Waals surface area contributed by atoms with Crippen LogP contribution in [0.3, 0.4) is 0 Å². The minimum Gasteiger partial charge on any atom is -0.466 e. The third kappa shape index (κ3) is 7.39. The monoisotopic (exact) mass is 201 g/mol. The molecule has 0 heterocycles. The summed E-state index contributed by atoms with van der Waals surface area (Å²) in [5.41, 5.74) is 5.52. The van der Waals surface area contributed by atoms with Gasteiger partial charge in [-0.25, -0.2) is 0 Å². The standard InChI is InChI=1S/C9H19N3O2/c1-4-14-8(13)5-6-11-9(10)12-7(2)3/h7H,4-6H2,1-3H3,(H3,10,11,12). The highest BCUT2D eigenvalue weighted by Crippen LogP contribution is 1.87. The van der Waals surface area contributed by atoms with Crippen LogP contribution in [-0.2, 0) is 9.53 Å². The molecular weight excluding hydrogens is 182 g/mol. The van der Waals surface area contributed by atoms with Crippen molar-refractivity contribution in [3.8, 4) is 0 Å². The lowest BCUT2D eigenvalue weighted by atomic mass is 10.4. The number of aliphatic imine (C=N–C) groups is 1. The lowest BCUT2D eigenvalue weighted by Gasteiger charge is -2.07. The maximum Gasteiger partial charge on any atom is 0.307 e. The summed E-state index contributed by atoms with van der Waals surface area (Å²) in [5.74, 6) is 0.123. The van der Waals surface area contributed by atoms with Crippen LogP contribution in [0.15, 0.2) is 4.99 Å². The summed E-state index contributed by atoms with van der Waals surface area (Å²) < 4.78 is 4.74. The van der Waals surface area contributed by atoms with Crippen molar-refractivity contribution in [1.29, 1.82) is 0 Å². The Balaban J connectivity index is 3.64. The number of hydrogen-bond acceptors (Lipinski definition) is 3. The molecule has 0 aliphatic heterocycles. The Morgan fingerprint density at radius 2 is 2.21 bits per heavy atom. The van der Waals surface area contributed by atoms with E-state index in [9.17, 15) is 4.79 Å². The van der Waals surface area contributed by atoms with E-state index in [2.05, 4.69) is 10.3 Å². The summed E-state index contributed by atoms with van der Waals surface area (Å²) in [6.45, 7) is 6.48. The van der Waals surface area contributed by atoms with E-state index in [1.165, 1.54) is 0 Å². The molecule has 0 saturated carbocycles. The molecule has 0 unspecified atom stereocenters. The second kappa shape index (κ2) is 7.17. The molecule has 0 aliphatic rings. The Labute approximate surface area is 84.7 Å². The van der Waals surface area contributed by atoms with Crippen molar-refractivity contribution in [2.24, 2.45) is 10.7 Å². The Bertz CT molecular complexity index is 202. The Hall–Kier alpha value is -1.26. The quantitative estimate of drug-likeness (QED) is 0.380. The predicted octanol–water partition coefficient (Wildman–Crippen LogP) is 0.252. The summed E-state index contributed by atoms with van der Waals surface area (Å²) in [5, 5.41) is 2.92. The van der Waals surface area contributed by atoms with Crippen LogP contribution in [0.5, 0.6) is 0 Å². The van der Waals surface area contributed by atoms with E-state index in [4.69, 9.17) is 10.5 Å². The van der Waals surface area contributed by atoms with Crippen molar-refractivity contribution in [1.82, 2.24) is 5.32 Å². The lowest BCUT2D eigenvalue weighted by Crippen LogP contribution is -2.36. The number of nitrogens with zero attached hydrogens (tertiary/aromatic N) is 1. The highest BCUT2D eigenvalue weighted by molar-refractivity contribution is 5.78.